The second-order valence-corrected chi connectivity index (χ2v) is 6.08. The summed E-state index contributed by atoms with van der Waals surface area (Å²) < 4.78 is 0. The number of hydrogen-bond donors (Lipinski definition) is 0. The van der Waals surface area contributed by atoms with Crippen molar-refractivity contribution in [2.45, 2.75) is 52.4 Å². The Kier molecular flexibility index (Phi) is 16.3. The molecule has 3 heteroatoms. The first kappa shape index (κ1) is 26.4. The summed E-state index contributed by atoms with van der Waals surface area (Å²) >= 11 is 0. The molecule has 0 radical (unpaired) electrons. The van der Waals surface area contributed by atoms with Crippen LogP contribution in [-0.2, 0) is 26.2 Å². The monoisotopic (exact) mass is 432 g/mol. The van der Waals surface area contributed by atoms with Gasteiger partial charge in [0.1, 0.15) is 0 Å². The molecule has 25 heavy (non-hydrogen) atoms. The first-order chi connectivity index (χ1) is 11.0. The first-order valence-corrected chi connectivity index (χ1v) is 8.27. The molecule has 2 aliphatic rings. The van der Waals surface area contributed by atoms with Crippen LogP contribution in [0.1, 0.15) is 63.5 Å². The van der Waals surface area contributed by atoms with Crippen molar-refractivity contribution < 1.29 is 43.7 Å². The van der Waals surface area contributed by atoms with Gasteiger partial charge in [-0.05, 0) is 11.8 Å². The maximum atomic E-state index is 11.9. The molecule has 2 aliphatic carbocycles. The molecular formula is C22H27ClOZr-2. The van der Waals surface area contributed by atoms with Crippen molar-refractivity contribution in [1.82, 2.24) is 0 Å². The molecule has 134 valence electrons. The molecule has 0 amide bonds. The molecule has 0 heterocycles. The van der Waals surface area contributed by atoms with Crippen LogP contribution in [0.15, 0.2) is 54.7 Å². The van der Waals surface area contributed by atoms with E-state index in [2.05, 4.69) is 52.0 Å². The van der Waals surface area contributed by atoms with Crippen LogP contribution in [-0.4, -0.2) is 0 Å². The van der Waals surface area contributed by atoms with Crippen molar-refractivity contribution in [1.29, 1.82) is 0 Å². The summed E-state index contributed by atoms with van der Waals surface area (Å²) in [5, 5.41) is 11.9. The Hall–Kier alpha value is -0.847. The van der Waals surface area contributed by atoms with Gasteiger partial charge < -0.3 is 17.5 Å². The normalized spacial score (nSPS) is 12.9. The Balaban J connectivity index is 0. The minimum Gasteiger partial charge on any atom is -1.00 e. The third-order valence-electron chi connectivity index (χ3n) is 3.49. The minimum absolute atomic E-state index is 0. The molecular weight excluding hydrogens is 407 g/mol. The maximum Gasteiger partial charge on any atom is 2.00 e. The van der Waals surface area contributed by atoms with Crippen LogP contribution in [0.25, 0.3) is 0 Å². The van der Waals surface area contributed by atoms with Gasteiger partial charge in [-0.3, -0.25) is 12.2 Å². The summed E-state index contributed by atoms with van der Waals surface area (Å²) in [6.07, 6.45) is 20.0. The Morgan fingerprint density at radius 3 is 1.44 bits per heavy atom. The summed E-state index contributed by atoms with van der Waals surface area (Å²) in [5.41, 5.74) is 1.87. The standard InChI is InChI=1S/C12H18O.2C5H5.ClH.Zr/c1-8(2)10-6-5-7-11(9(3)4)12(10)13;2*1-2-4-5-3-1;;/h5-9,13H,1-4H3;2*1-3H,4H2;1H;/q;2*-1;;+2/p-2. The van der Waals surface area contributed by atoms with E-state index in [0.29, 0.717) is 11.8 Å². The Morgan fingerprint density at radius 1 is 0.840 bits per heavy atom. The molecule has 0 unspecified atom stereocenters. The largest absolute Gasteiger partial charge is 2.00 e. The molecule has 0 saturated heterocycles. The topological polar surface area (TPSA) is 23.1 Å². The van der Waals surface area contributed by atoms with Crippen LogP contribution in [0.4, 0.5) is 0 Å². The third kappa shape index (κ3) is 10.7. The predicted octanol–water partition coefficient (Wildman–Crippen LogP) is 2.62. The van der Waals surface area contributed by atoms with Crippen LogP contribution in [0, 0.1) is 12.2 Å². The Morgan fingerprint density at radius 2 is 1.24 bits per heavy atom. The fraction of sp³-hybridized carbons (Fsp3) is 0.364. The van der Waals surface area contributed by atoms with E-state index in [-0.39, 0.29) is 44.4 Å². The van der Waals surface area contributed by atoms with E-state index < -0.39 is 0 Å². The molecule has 0 aliphatic heterocycles. The van der Waals surface area contributed by atoms with Crippen molar-refractivity contribution in [3.8, 4) is 5.75 Å². The summed E-state index contributed by atoms with van der Waals surface area (Å²) in [6.45, 7) is 8.23. The van der Waals surface area contributed by atoms with Crippen LogP contribution >= 0.6 is 0 Å². The molecule has 1 aromatic rings. The van der Waals surface area contributed by atoms with E-state index >= 15 is 0 Å². The number of rotatable bonds is 2. The van der Waals surface area contributed by atoms with E-state index in [1.807, 2.05) is 42.5 Å². The molecule has 0 saturated carbocycles. The molecule has 1 aromatic carbocycles. The maximum absolute atomic E-state index is 11.9. The number of hydrogen-bond acceptors (Lipinski definition) is 1. The van der Waals surface area contributed by atoms with Crippen molar-refractivity contribution >= 4 is 0 Å². The average molecular weight is 434 g/mol. The smallest absolute Gasteiger partial charge is 1.00 e. The third-order valence-corrected chi connectivity index (χ3v) is 3.49. The van der Waals surface area contributed by atoms with Crippen molar-refractivity contribution in [2.24, 2.45) is 0 Å². The minimum atomic E-state index is 0. The molecule has 0 spiro atoms. The van der Waals surface area contributed by atoms with Gasteiger partial charge in [-0.2, -0.15) is 12.2 Å². The second-order valence-electron chi connectivity index (χ2n) is 6.08. The zero-order valence-electron chi connectivity index (χ0n) is 15.6. The van der Waals surface area contributed by atoms with E-state index in [1.54, 1.807) is 0 Å². The Bertz CT molecular complexity index is 515. The molecule has 0 fully saturated rings. The van der Waals surface area contributed by atoms with Crippen molar-refractivity contribution in [2.75, 3.05) is 0 Å². The van der Waals surface area contributed by atoms with E-state index in [4.69, 9.17) is 0 Å². The van der Waals surface area contributed by atoms with Gasteiger partial charge in [0.15, 0.2) is 0 Å². The predicted molar refractivity (Wildman–Crippen MR) is 97.2 cm³/mol. The Labute approximate surface area is 179 Å². The van der Waals surface area contributed by atoms with Crippen LogP contribution in [0.3, 0.4) is 0 Å². The molecule has 1 nitrogen and oxygen atoms in total. The summed E-state index contributed by atoms with van der Waals surface area (Å²) in [6, 6.07) is 5.84. The SMILES string of the molecule is CC(C)c1cccc(C(C)C)c1[O-].[C-]1=CC=CC1.[C-]1=CC=CC1.[Cl-].[Zr+2]. The number of allylic oxidation sites excluding steroid dienone is 8. The van der Waals surface area contributed by atoms with Gasteiger partial charge in [0, 0.05) is 0 Å². The van der Waals surface area contributed by atoms with Gasteiger partial charge >= 0.3 is 26.2 Å². The molecule has 0 bridgehead atoms. The molecule has 3 rings (SSSR count). The van der Waals surface area contributed by atoms with Gasteiger partial charge in [0.2, 0.25) is 0 Å². The summed E-state index contributed by atoms with van der Waals surface area (Å²) in [4.78, 5) is 0. The van der Waals surface area contributed by atoms with Crippen molar-refractivity contribution in [3.05, 3.63) is 77.9 Å². The van der Waals surface area contributed by atoms with Gasteiger partial charge in [0.05, 0.1) is 0 Å². The van der Waals surface area contributed by atoms with Gasteiger partial charge in [-0.25, -0.2) is 24.3 Å². The number of para-hydroxylation sites is 1. The van der Waals surface area contributed by atoms with Gasteiger partial charge in [-0.1, -0.05) is 57.0 Å². The summed E-state index contributed by atoms with van der Waals surface area (Å²) in [7, 11) is 0. The quantitative estimate of drug-likeness (QED) is 0.657. The first-order valence-electron chi connectivity index (χ1n) is 8.27. The zero-order valence-corrected chi connectivity index (χ0v) is 18.8. The van der Waals surface area contributed by atoms with E-state index in [0.717, 1.165) is 24.0 Å². The van der Waals surface area contributed by atoms with Crippen LogP contribution in [0.2, 0.25) is 0 Å². The number of halogens is 1. The van der Waals surface area contributed by atoms with Gasteiger partial charge in [0.25, 0.3) is 0 Å². The van der Waals surface area contributed by atoms with Crippen molar-refractivity contribution in [3.63, 3.8) is 0 Å². The molecule has 0 N–H and O–H groups in total. The van der Waals surface area contributed by atoms with Gasteiger partial charge in [-0.15, -0.1) is 18.6 Å². The fourth-order valence-corrected chi connectivity index (χ4v) is 2.16. The van der Waals surface area contributed by atoms with Crippen LogP contribution in [0.5, 0.6) is 5.75 Å². The second kappa shape index (κ2) is 15.4. The number of benzene rings is 1. The zero-order chi connectivity index (χ0) is 17.1. The van der Waals surface area contributed by atoms with E-state index in [9.17, 15) is 5.11 Å². The average Bonchev–Trinajstić information content (AvgIpc) is 3.25. The molecule has 0 aromatic heterocycles. The summed E-state index contributed by atoms with van der Waals surface area (Å²) in [5.74, 6) is 0.880. The molecule has 0 atom stereocenters. The fourth-order valence-electron chi connectivity index (χ4n) is 2.16. The van der Waals surface area contributed by atoms with Crippen LogP contribution < -0.4 is 17.5 Å². The van der Waals surface area contributed by atoms with E-state index in [1.165, 1.54) is 0 Å².